The molecule has 1 atom stereocenters. The minimum Gasteiger partial charge on any atom is -0.490 e. The molecule has 0 N–H and O–H groups in total. The molecule has 0 saturated carbocycles. The van der Waals surface area contributed by atoms with Crippen molar-refractivity contribution in [1.29, 1.82) is 0 Å². The first-order valence-electron chi connectivity index (χ1n) is 13.1. The third-order valence-electron chi connectivity index (χ3n) is 5.71. The van der Waals surface area contributed by atoms with E-state index in [1.54, 1.807) is 30.4 Å². The van der Waals surface area contributed by atoms with E-state index in [9.17, 15) is 9.59 Å². The number of unbranched alkanes of at least 4 members (excludes halogenated alkanes) is 1. The molecule has 1 aliphatic rings. The minimum absolute atomic E-state index is 0.0109. The Morgan fingerprint density at radius 2 is 2.08 bits per heavy atom. The van der Waals surface area contributed by atoms with E-state index < -0.39 is 5.60 Å². The zero-order chi connectivity index (χ0) is 27.4. The van der Waals surface area contributed by atoms with Gasteiger partial charge >= 0.3 is 12.1 Å². The zero-order valence-electron chi connectivity index (χ0n) is 22.8. The molecule has 3 rings (SSSR count). The van der Waals surface area contributed by atoms with Crippen molar-refractivity contribution in [3.8, 4) is 17.6 Å². The Morgan fingerprint density at radius 3 is 2.76 bits per heavy atom. The number of hydrogen-bond acceptors (Lipinski definition) is 8. The van der Waals surface area contributed by atoms with E-state index in [4.69, 9.17) is 14.2 Å². The van der Waals surface area contributed by atoms with E-state index in [0.29, 0.717) is 45.0 Å². The second-order valence-electron chi connectivity index (χ2n) is 10.1. The van der Waals surface area contributed by atoms with Crippen LogP contribution < -0.4 is 4.74 Å². The van der Waals surface area contributed by atoms with Crippen LogP contribution in [-0.2, 0) is 20.8 Å². The Balaban J connectivity index is 1.46. The Bertz CT molecular complexity index is 1110. The maximum absolute atomic E-state index is 12.3. The van der Waals surface area contributed by atoms with Gasteiger partial charge in [-0.3, -0.25) is 19.7 Å². The van der Waals surface area contributed by atoms with Crippen LogP contribution in [-0.4, -0.2) is 76.3 Å². The molecule has 204 valence electrons. The molecule has 1 aliphatic heterocycles. The lowest BCUT2D eigenvalue weighted by atomic mass is 10.1. The van der Waals surface area contributed by atoms with Gasteiger partial charge in [0.2, 0.25) is 0 Å². The number of hydrogen-bond donors (Lipinski definition) is 0. The second-order valence-corrected chi connectivity index (χ2v) is 10.1. The summed E-state index contributed by atoms with van der Waals surface area (Å²) in [5.74, 6) is 6.69. The summed E-state index contributed by atoms with van der Waals surface area (Å²) in [5.41, 5.74) is 1.15. The van der Waals surface area contributed by atoms with E-state index in [-0.39, 0.29) is 24.6 Å². The monoisotopic (exact) mass is 522 g/mol. The molecule has 2 aromatic heterocycles. The van der Waals surface area contributed by atoms with Crippen molar-refractivity contribution in [1.82, 2.24) is 19.8 Å². The van der Waals surface area contributed by atoms with Crippen LogP contribution in [0.2, 0.25) is 0 Å². The number of esters is 1. The summed E-state index contributed by atoms with van der Waals surface area (Å²) in [7, 11) is 0. The van der Waals surface area contributed by atoms with E-state index >= 15 is 0 Å². The van der Waals surface area contributed by atoms with Crippen LogP contribution in [0.1, 0.15) is 58.2 Å². The molecule has 1 fully saturated rings. The van der Waals surface area contributed by atoms with Crippen LogP contribution in [0.15, 0.2) is 42.9 Å². The first kappa shape index (κ1) is 28.9. The summed E-state index contributed by atoms with van der Waals surface area (Å²) in [5, 5.41) is 0. The number of carbonyl (C=O) groups excluding carboxylic acids is 2. The number of nitrogens with zero attached hydrogens (tertiary/aromatic N) is 4. The van der Waals surface area contributed by atoms with Gasteiger partial charge in [-0.15, -0.1) is 0 Å². The Morgan fingerprint density at radius 1 is 1.24 bits per heavy atom. The molecule has 0 radical (unpaired) electrons. The lowest BCUT2D eigenvalue weighted by Crippen LogP contribution is -2.55. The fourth-order valence-electron chi connectivity index (χ4n) is 3.81. The molecule has 2 aromatic rings. The Hall–Kier alpha value is -3.64. The SMILES string of the molecule is CCOC(=O)CN(CCCC#Cc1cncc(OC[C@@H]2CCN2C(=O)OC(C)(C)C)c1)Cc1ccccn1. The van der Waals surface area contributed by atoms with Crippen LogP contribution >= 0.6 is 0 Å². The highest BCUT2D eigenvalue weighted by Crippen LogP contribution is 2.22. The van der Waals surface area contributed by atoms with Crippen LogP contribution in [0.4, 0.5) is 4.79 Å². The molecule has 1 saturated heterocycles. The summed E-state index contributed by atoms with van der Waals surface area (Å²) < 4.78 is 16.5. The van der Waals surface area contributed by atoms with Crippen LogP contribution in [0.3, 0.4) is 0 Å². The number of carbonyl (C=O) groups is 2. The normalized spacial score (nSPS) is 14.8. The van der Waals surface area contributed by atoms with Crippen molar-refractivity contribution in [3.05, 3.63) is 54.1 Å². The number of likely N-dealkylation sites (tertiary alicyclic amines) is 1. The first-order valence-corrected chi connectivity index (χ1v) is 13.1. The van der Waals surface area contributed by atoms with Gasteiger partial charge in [0.05, 0.1) is 31.1 Å². The maximum Gasteiger partial charge on any atom is 0.410 e. The molecule has 9 nitrogen and oxygen atoms in total. The average Bonchev–Trinajstić information content (AvgIpc) is 2.83. The number of amides is 1. The van der Waals surface area contributed by atoms with Gasteiger partial charge in [0.15, 0.2) is 0 Å². The highest BCUT2D eigenvalue weighted by molar-refractivity contribution is 5.71. The van der Waals surface area contributed by atoms with Gasteiger partial charge in [0.25, 0.3) is 0 Å². The van der Waals surface area contributed by atoms with E-state index in [1.165, 1.54) is 0 Å². The molecule has 0 unspecified atom stereocenters. The number of aromatic nitrogens is 2. The Labute approximate surface area is 225 Å². The zero-order valence-corrected chi connectivity index (χ0v) is 22.8. The van der Waals surface area contributed by atoms with Crippen molar-refractivity contribution in [2.45, 2.75) is 65.1 Å². The maximum atomic E-state index is 12.3. The van der Waals surface area contributed by atoms with Crippen LogP contribution in [0.25, 0.3) is 0 Å². The predicted octanol–water partition coefficient (Wildman–Crippen LogP) is 4.06. The van der Waals surface area contributed by atoms with Gasteiger partial charge in [-0.25, -0.2) is 4.79 Å². The average molecular weight is 523 g/mol. The third-order valence-corrected chi connectivity index (χ3v) is 5.71. The summed E-state index contributed by atoms with van der Waals surface area (Å²) in [6.45, 7) is 10.3. The molecule has 38 heavy (non-hydrogen) atoms. The summed E-state index contributed by atoms with van der Waals surface area (Å²) in [4.78, 5) is 36.6. The number of rotatable bonds is 11. The highest BCUT2D eigenvalue weighted by atomic mass is 16.6. The predicted molar refractivity (Wildman–Crippen MR) is 143 cm³/mol. The van der Waals surface area contributed by atoms with Crippen molar-refractivity contribution in [2.24, 2.45) is 0 Å². The molecular weight excluding hydrogens is 484 g/mol. The minimum atomic E-state index is -0.521. The first-order chi connectivity index (χ1) is 18.2. The van der Waals surface area contributed by atoms with Crippen molar-refractivity contribution in [2.75, 3.05) is 32.8 Å². The van der Waals surface area contributed by atoms with Crippen molar-refractivity contribution < 1.29 is 23.8 Å². The van der Waals surface area contributed by atoms with E-state index in [2.05, 4.69) is 21.8 Å². The molecule has 9 heteroatoms. The molecule has 0 spiro atoms. The fraction of sp³-hybridized carbons (Fsp3) is 0.517. The van der Waals surface area contributed by atoms with Crippen LogP contribution in [0, 0.1) is 11.8 Å². The van der Waals surface area contributed by atoms with Gasteiger partial charge < -0.3 is 19.1 Å². The molecule has 1 amide bonds. The lowest BCUT2D eigenvalue weighted by molar-refractivity contribution is -0.144. The summed E-state index contributed by atoms with van der Waals surface area (Å²) >= 11 is 0. The smallest absolute Gasteiger partial charge is 0.410 e. The Kier molecular flexibility index (Phi) is 10.9. The number of pyridine rings is 2. The van der Waals surface area contributed by atoms with Gasteiger partial charge in [-0.1, -0.05) is 17.9 Å². The van der Waals surface area contributed by atoms with Gasteiger partial charge in [-0.05, 0) is 58.7 Å². The molecule has 0 aliphatic carbocycles. The highest BCUT2D eigenvalue weighted by Gasteiger charge is 2.35. The third kappa shape index (κ3) is 10.0. The lowest BCUT2D eigenvalue weighted by Gasteiger charge is -2.40. The summed E-state index contributed by atoms with van der Waals surface area (Å²) in [6.07, 6.45) is 7.12. The quantitative estimate of drug-likeness (QED) is 0.248. The molecule has 0 aromatic carbocycles. The number of ether oxygens (including phenoxy) is 3. The molecule has 3 heterocycles. The summed E-state index contributed by atoms with van der Waals surface area (Å²) in [6, 6.07) is 7.59. The standard InChI is InChI=1S/C29H38N4O5/c1-5-36-27(34)21-32(20-24-12-8-9-14-31-24)15-10-6-7-11-23-17-26(19-30-18-23)37-22-25-13-16-33(25)28(35)38-29(2,3)4/h8-9,12,14,17-19,25H,5-6,10,13,15-16,20-22H2,1-4H3/t25-/m0/s1. The van der Waals surface area contributed by atoms with Crippen LogP contribution in [0.5, 0.6) is 5.75 Å². The van der Waals surface area contributed by atoms with Crippen molar-refractivity contribution >= 4 is 12.1 Å². The molecular formula is C29H38N4O5. The van der Waals surface area contributed by atoms with Gasteiger partial charge in [0, 0.05) is 44.0 Å². The topological polar surface area (TPSA) is 94.1 Å². The van der Waals surface area contributed by atoms with E-state index in [1.807, 2.05) is 49.9 Å². The largest absolute Gasteiger partial charge is 0.490 e. The fourth-order valence-corrected chi connectivity index (χ4v) is 3.81. The molecule has 0 bridgehead atoms. The van der Waals surface area contributed by atoms with Gasteiger partial charge in [-0.2, -0.15) is 0 Å². The van der Waals surface area contributed by atoms with E-state index in [0.717, 1.165) is 24.1 Å². The van der Waals surface area contributed by atoms with Crippen molar-refractivity contribution in [3.63, 3.8) is 0 Å². The second kappa shape index (κ2) is 14.3. The van der Waals surface area contributed by atoms with Gasteiger partial charge in [0.1, 0.15) is 18.0 Å².